The largest absolute Gasteiger partial charge is 0.399 e. The van der Waals surface area contributed by atoms with Gasteiger partial charge in [-0.25, -0.2) is 4.98 Å². The van der Waals surface area contributed by atoms with Crippen LogP contribution in [0.5, 0.6) is 0 Å². The van der Waals surface area contributed by atoms with E-state index in [4.69, 9.17) is 11.0 Å². The van der Waals surface area contributed by atoms with Gasteiger partial charge >= 0.3 is 0 Å². The highest BCUT2D eigenvalue weighted by atomic mass is 15.2. The number of nitrogens with two attached hydrogens (primary N) is 1. The monoisotopic (exact) mass is 264 g/mol. The fourth-order valence-electron chi connectivity index (χ4n) is 2.36. The predicted molar refractivity (Wildman–Crippen MR) is 79.0 cm³/mol. The maximum absolute atomic E-state index is 8.98. The van der Waals surface area contributed by atoms with Gasteiger partial charge < -0.3 is 10.6 Å². The minimum Gasteiger partial charge on any atom is -0.399 e. The van der Waals surface area contributed by atoms with Crippen LogP contribution in [0.3, 0.4) is 0 Å². The fraction of sp³-hybridized carbons (Fsp3) is 0.250. The van der Waals surface area contributed by atoms with E-state index in [1.54, 1.807) is 6.20 Å². The molecule has 2 N–H and O–H groups in total. The average molecular weight is 264 g/mol. The lowest BCUT2D eigenvalue weighted by atomic mass is 10.1. The summed E-state index contributed by atoms with van der Waals surface area (Å²) in [6.45, 7) is 0.810. The summed E-state index contributed by atoms with van der Waals surface area (Å²) in [5.74, 6) is 0. The van der Waals surface area contributed by atoms with Crippen molar-refractivity contribution in [2.45, 2.75) is 25.4 Å². The number of nitrogens with zero attached hydrogens (tertiary/aromatic N) is 3. The fourth-order valence-corrected chi connectivity index (χ4v) is 2.36. The summed E-state index contributed by atoms with van der Waals surface area (Å²) in [5, 5.41) is 8.98. The first-order valence-electron chi connectivity index (χ1n) is 6.73. The zero-order valence-electron chi connectivity index (χ0n) is 11.2. The van der Waals surface area contributed by atoms with E-state index in [0.717, 1.165) is 17.9 Å². The topological polar surface area (TPSA) is 65.9 Å². The van der Waals surface area contributed by atoms with Crippen molar-refractivity contribution in [1.82, 2.24) is 4.98 Å². The number of rotatable bonds is 4. The summed E-state index contributed by atoms with van der Waals surface area (Å²) in [4.78, 5) is 6.36. The molecule has 4 nitrogen and oxygen atoms in total. The lowest BCUT2D eigenvalue weighted by Gasteiger charge is -2.25. The van der Waals surface area contributed by atoms with Crippen molar-refractivity contribution in [3.63, 3.8) is 0 Å². The molecule has 0 unspecified atom stereocenters. The second-order valence-corrected chi connectivity index (χ2v) is 5.12. The van der Waals surface area contributed by atoms with E-state index in [1.165, 1.54) is 18.4 Å². The molecule has 0 amide bonds. The van der Waals surface area contributed by atoms with E-state index >= 15 is 0 Å². The zero-order valence-corrected chi connectivity index (χ0v) is 11.2. The molecule has 2 aromatic rings. The van der Waals surface area contributed by atoms with Gasteiger partial charge in [0, 0.05) is 30.2 Å². The van der Waals surface area contributed by atoms with Gasteiger partial charge in [-0.1, -0.05) is 12.1 Å². The normalized spacial score (nSPS) is 13.8. The lowest BCUT2D eigenvalue weighted by Crippen LogP contribution is -2.25. The van der Waals surface area contributed by atoms with Crippen molar-refractivity contribution in [2.75, 3.05) is 10.6 Å². The molecule has 1 heterocycles. The van der Waals surface area contributed by atoms with E-state index in [1.807, 2.05) is 30.3 Å². The van der Waals surface area contributed by atoms with Gasteiger partial charge in [-0.2, -0.15) is 5.26 Å². The molecule has 3 rings (SSSR count). The first-order valence-corrected chi connectivity index (χ1v) is 6.73. The maximum Gasteiger partial charge on any atom is 0.142 e. The van der Waals surface area contributed by atoms with Gasteiger partial charge in [0.15, 0.2) is 0 Å². The van der Waals surface area contributed by atoms with Crippen molar-refractivity contribution < 1.29 is 0 Å². The minimum atomic E-state index is 0.459. The second-order valence-electron chi connectivity index (χ2n) is 5.12. The van der Waals surface area contributed by atoms with Crippen LogP contribution < -0.4 is 10.6 Å². The summed E-state index contributed by atoms with van der Waals surface area (Å²) in [5.41, 5.74) is 9.33. The number of pyridine rings is 1. The molecule has 1 aliphatic rings. The number of hydrogen-bond donors (Lipinski definition) is 1. The van der Waals surface area contributed by atoms with E-state index in [-0.39, 0.29) is 0 Å². The quantitative estimate of drug-likeness (QED) is 0.862. The van der Waals surface area contributed by atoms with Crippen molar-refractivity contribution in [3.05, 3.63) is 53.9 Å². The zero-order chi connectivity index (χ0) is 13.9. The van der Waals surface area contributed by atoms with Crippen LogP contribution in [0, 0.1) is 11.3 Å². The highest BCUT2D eigenvalue weighted by Crippen LogP contribution is 2.33. The van der Waals surface area contributed by atoms with Gasteiger partial charge in [0.2, 0.25) is 0 Å². The van der Waals surface area contributed by atoms with Crippen molar-refractivity contribution in [2.24, 2.45) is 0 Å². The molecular weight excluding hydrogens is 248 g/mol. The molecule has 20 heavy (non-hydrogen) atoms. The maximum atomic E-state index is 8.98. The molecule has 1 aromatic carbocycles. The Bertz CT molecular complexity index is 656. The Labute approximate surface area is 118 Å². The molecule has 0 radical (unpaired) electrons. The third kappa shape index (κ3) is 2.72. The van der Waals surface area contributed by atoms with Gasteiger partial charge in [0.1, 0.15) is 11.8 Å². The van der Waals surface area contributed by atoms with Gasteiger partial charge in [0.25, 0.3) is 0 Å². The van der Waals surface area contributed by atoms with Crippen LogP contribution in [0.4, 0.5) is 11.4 Å². The third-order valence-electron chi connectivity index (χ3n) is 3.48. The molecular formula is C16H16N4. The number of aromatic nitrogens is 1. The molecule has 1 fully saturated rings. The van der Waals surface area contributed by atoms with E-state index in [2.05, 4.69) is 22.0 Å². The molecule has 1 aromatic heterocycles. The smallest absolute Gasteiger partial charge is 0.142 e. The number of benzene rings is 1. The van der Waals surface area contributed by atoms with Gasteiger partial charge in [-0.05, 0) is 42.7 Å². The number of anilines is 2. The summed E-state index contributed by atoms with van der Waals surface area (Å²) in [6, 6.07) is 14.4. The number of nitrogen functional groups attached to an aromatic ring is 1. The molecule has 4 heteroatoms. The van der Waals surface area contributed by atoms with Crippen LogP contribution >= 0.6 is 0 Å². The van der Waals surface area contributed by atoms with E-state index in [9.17, 15) is 0 Å². The summed E-state index contributed by atoms with van der Waals surface area (Å²) < 4.78 is 0. The standard InChI is InChI=1S/C16H16N4/c17-10-14-9-16(6-7-19-14)20(15-4-5-15)11-12-2-1-3-13(18)8-12/h1-3,6-9,15H,4-5,11,18H2. The highest BCUT2D eigenvalue weighted by molar-refractivity contribution is 5.52. The molecule has 100 valence electrons. The minimum absolute atomic E-state index is 0.459. The highest BCUT2D eigenvalue weighted by Gasteiger charge is 2.29. The number of nitriles is 1. The first-order chi connectivity index (χ1) is 9.76. The van der Waals surface area contributed by atoms with Gasteiger partial charge in [-0.3, -0.25) is 0 Å². The van der Waals surface area contributed by atoms with Crippen LogP contribution in [-0.4, -0.2) is 11.0 Å². The molecule has 1 saturated carbocycles. The first kappa shape index (κ1) is 12.5. The molecule has 0 bridgehead atoms. The predicted octanol–water partition coefficient (Wildman–Crippen LogP) is 2.70. The van der Waals surface area contributed by atoms with Crippen LogP contribution in [0.2, 0.25) is 0 Å². The number of hydrogen-bond acceptors (Lipinski definition) is 4. The van der Waals surface area contributed by atoms with Gasteiger partial charge in [0.05, 0.1) is 0 Å². The van der Waals surface area contributed by atoms with Crippen LogP contribution in [-0.2, 0) is 6.54 Å². The van der Waals surface area contributed by atoms with Crippen molar-refractivity contribution >= 4 is 11.4 Å². The Morgan fingerprint density at radius 3 is 2.85 bits per heavy atom. The Hall–Kier alpha value is -2.54. The average Bonchev–Trinajstić information content (AvgIpc) is 3.29. The van der Waals surface area contributed by atoms with Crippen LogP contribution in [0.1, 0.15) is 24.1 Å². The third-order valence-corrected chi connectivity index (χ3v) is 3.48. The molecule has 0 spiro atoms. The molecule has 0 aliphatic heterocycles. The lowest BCUT2D eigenvalue weighted by molar-refractivity contribution is 0.793. The van der Waals surface area contributed by atoms with E-state index < -0.39 is 0 Å². The Morgan fingerprint density at radius 2 is 2.15 bits per heavy atom. The Kier molecular flexibility index (Phi) is 3.26. The summed E-state index contributed by atoms with van der Waals surface area (Å²) >= 11 is 0. The summed E-state index contributed by atoms with van der Waals surface area (Å²) in [7, 11) is 0. The van der Waals surface area contributed by atoms with Crippen molar-refractivity contribution in [3.8, 4) is 6.07 Å². The van der Waals surface area contributed by atoms with Crippen LogP contribution in [0.25, 0.3) is 0 Å². The van der Waals surface area contributed by atoms with E-state index in [0.29, 0.717) is 11.7 Å². The molecule has 0 atom stereocenters. The SMILES string of the molecule is N#Cc1cc(N(Cc2cccc(N)c2)C2CC2)ccn1. The van der Waals surface area contributed by atoms with Crippen molar-refractivity contribution in [1.29, 1.82) is 5.26 Å². The second kappa shape index (κ2) is 5.22. The summed E-state index contributed by atoms with van der Waals surface area (Å²) in [6.07, 6.45) is 4.10. The molecule has 0 saturated heterocycles. The van der Waals surface area contributed by atoms with Gasteiger partial charge in [-0.15, -0.1) is 0 Å². The van der Waals surface area contributed by atoms with Crippen LogP contribution in [0.15, 0.2) is 42.6 Å². The Balaban J connectivity index is 1.87. The Morgan fingerprint density at radius 1 is 1.30 bits per heavy atom. The molecule has 1 aliphatic carbocycles.